The maximum absolute atomic E-state index is 12.8. The molecule has 180 valence electrons. The molecule has 36 heavy (non-hydrogen) atoms. The summed E-state index contributed by atoms with van der Waals surface area (Å²) in [5.74, 6) is 0.0317. The molecule has 1 amide bonds. The van der Waals surface area contributed by atoms with E-state index in [-0.39, 0.29) is 23.9 Å². The molecule has 5 rings (SSSR count). The van der Waals surface area contributed by atoms with Crippen LogP contribution in [-0.4, -0.2) is 40.1 Å². The van der Waals surface area contributed by atoms with Crippen LogP contribution in [0.4, 0.5) is 11.5 Å². The second kappa shape index (κ2) is 9.38. The van der Waals surface area contributed by atoms with E-state index in [9.17, 15) is 9.59 Å². The Balaban J connectivity index is 1.53. The van der Waals surface area contributed by atoms with Crippen molar-refractivity contribution >= 4 is 45.6 Å². The summed E-state index contributed by atoms with van der Waals surface area (Å²) < 4.78 is 12.0. The highest BCUT2D eigenvalue weighted by Crippen LogP contribution is 2.32. The van der Waals surface area contributed by atoms with Crippen molar-refractivity contribution in [3.63, 3.8) is 0 Å². The normalized spacial score (nSPS) is 10.9. The fourth-order valence-electron chi connectivity index (χ4n) is 3.97. The van der Waals surface area contributed by atoms with Crippen LogP contribution in [-0.2, 0) is 4.74 Å². The molecule has 2 heterocycles. The minimum atomic E-state index is -0.563. The quantitative estimate of drug-likeness (QED) is 0.340. The van der Waals surface area contributed by atoms with Gasteiger partial charge in [-0.1, -0.05) is 12.1 Å². The number of nitrogens with two attached hydrogens (primary N) is 1. The van der Waals surface area contributed by atoms with Gasteiger partial charge >= 0.3 is 5.97 Å². The van der Waals surface area contributed by atoms with Crippen molar-refractivity contribution in [1.82, 2.24) is 14.5 Å². The molecule has 2 aromatic heterocycles. The minimum absolute atomic E-state index is 0.169. The van der Waals surface area contributed by atoms with Gasteiger partial charge in [-0.05, 0) is 67.6 Å². The van der Waals surface area contributed by atoms with Crippen molar-refractivity contribution in [2.75, 3.05) is 24.8 Å². The third kappa shape index (κ3) is 4.07. The number of para-hydroxylation sites is 2. The van der Waals surface area contributed by atoms with Crippen LogP contribution in [0.15, 0.2) is 72.8 Å². The number of nitrogens with one attached hydrogen (secondary N) is 1. The second-order valence-electron chi connectivity index (χ2n) is 7.93. The molecule has 0 spiro atoms. The van der Waals surface area contributed by atoms with Crippen molar-refractivity contribution in [1.29, 1.82) is 0 Å². The van der Waals surface area contributed by atoms with Crippen LogP contribution in [0.5, 0.6) is 5.75 Å². The second-order valence-corrected chi connectivity index (χ2v) is 7.93. The number of carbonyl (C=O) groups is 2. The van der Waals surface area contributed by atoms with Gasteiger partial charge in [-0.3, -0.25) is 9.36 Å². The van der Waals surface area contributed by atoms with Crippen LogP contribution in [0, 0.1) is 0 Å². The number of nitrogens with zero attached hydrogens (tertiary/aromatic N) is 3. The lowest BCUT2D eigenvalue weighted by Crippen LogP contribution is -2.12. The monoisotopic (exact) mass is 481 g/mol. The lowest BCUT2D eigenvalue weighted by atomic mass is 10.2. The number of anilines is 2. The fraction of sp³-hybridized carbons (Fsp3) is 0.111. The molecule has 0 radical (unpaired) electrons. The molecule has 5 aromatic rings. The molecule has 9 nitrogen and oxygen atoms in total. The zero-order chi connectivity index (χ0) is 25.2. The first-order valence-electron chi connectivity index (χ1n) is 11.3. The van der Waals surface area contributed by atoms with E-state index in [4.69, 9.17) is 20.2 Å². The van der Waals surface area contributed by atoms with Gasteiger partial charge in [0.05, 0.1) is 24.8 Å². The Labute approximate surface area is 206 Å². The molecule has 0 aliphatic carbocycles. The van der Waals surface area contributed by atoms with E-state index in [1.54, 1.807) is 67.1 Å². The molecule has 3 aromatic carbocycles. The van der Waals surface area contributed by atoms with Gasteiger partial charge in [0.15, 0.2) is 5.65 Å². The van der Waals surface area contributed by atoms with Crippen LogP contribution < -0.4 is 15.8 Å². The fourth-order valence-corrected chi connectivity index (χ4v) is 3.97. The van der Waals surface area contributed by atoms with Crippen molar-refractivity contribution in [3.8, 4) is 11.4 Å². The number of esters is 1. The Morgan fingerprint density at radius 3 is 2.25 bits per heavy atom. The first-order chi connectivity index (χ1) is 17.5. The smallest absolute Gasteiger partial charge is 0.344 e. The highest BCUT2D eigenvalue weighted by atomic mass is 16.5. The zero-order valence-electron chi connectivity index (χ0n) is 19.7. The van der Waals surface area contributed by atoms with Crippen LogP contribution >= 0.6 is 0 Å². The highest BCUT2D eigenvalue weighted by Gasteiger charge is 2.25. The van der Waals surface area contributed by atoms with Gasteiger partial charge in [0.1, 0.15) is 22.6 Å². The van der Waals surface area contributed by atoms with Gasteiger partial charge in [-0.25, -0.2) is 14.8 Å². The van der Waals surface area contributed by atoms with Gasteiger partial charge in [-0.2, -0.15) is 0 Å². The lowest BCUT2D eigenvalue weighted by Gasteiger charge is -2.10. The van der Waals surface area contributed by atoms with E-state index >= 15 is 0 Å². The van der Waals surface area contributed by atoms with Crippen LogP contribution in [0.2, 0.25) is 0 Å². The van der Waals surface area contributed by atoms with Gasteiger partial charge in [-0.15, -0.1) is 0 Å². The number of carbonyl (C=O) groups excluding carboxylic acids is 2. The van der Waals surface area contributed by atoms with Crippen molar-refractivity contribution in [2.24, 2.45) is 0 Å². The number of hydrogen-bond donors (Lipinski definition) is 2. The number of aromatic nitrogens is 3. The number of amides is 1. The summed E-state index contributed by atoms with van der Waals surface area (Å²) in [5, 5.41) is 2.87. The van der Waals surface area contributed by atoms with Crippen molar-refractivity contribution < 1.29 is 19.1 Å². The molecular weight excluding hydrogens is 458 g/mol. The van der Waals surface area contributed by atoms with E-state index < -0.39 is 5.97 Å². The van der Waals surface area contributed by atoms with Crippen LogP contribution in [0.1, 0.15) is 27.6 Å². The average Bonchev–Trinajstić information content (AvgIpc) is 3.18. The Morgan fingerprint density at radius 2 is 1.61 bits per heavy atom. The molecule has 0 saturated heterocycles. The molecule has 3 N–H and O–H groups in total. The van der Waals surface area contributed by atoms with Gasteiger partial charge in [0.25, 0.3) is 5.91 Å². The number of ether oxygens (including phenoxy) is 2. The number of fused-ring (bicyclic) bond motifs is 2. The molecule has 0 saturated carbocycles. The summed E-state index contributed by atoms with van der Waals surface area (Å²) in [6, 6.07) is 21.3. The summed E-state index contributed by atoms with van der Waals surface area (Å²) in [4.78, 5) is 34.8. The SMILES string of the molecule is CCOC(=O)c1c(N)n(-c2ccc(NC(=O)c3ccc(OC)cc3)cc2)c2nc3ccccc3nc12. The largest absolute Gasteiger partial charge is 0.497 e. The Bertz CT molecular complexity index is 1590. The van der Waals surface area contributed by atoms with E-state index in [1.165, 1.54) is 0 Å². The van der Waals surface area contributed by atoms with E-state index in [0.29, 0.717) is 44.9 Å². The Kier molecular flexibility index (Phi) is 5.95. The first-order valence-corrected chi connectivity index (χ1v) is 11.3. The predicted molar refractivity (Wildman–Crippen MR) is 138 cm³/mol. The third-order valence-electron chi connectivity index (χ3n) is 5.71. The van der Waals surface area contributed by atoms with Gasteiger partial charge in [0, 0.05) is 16.9 Å². The lowest BCUT2D eigenvalue weighted by molar-refractivity contribution is 0.0529. The maximum Gasteiger partial charge on any atom is 0.344 e. The third-order valence-corrected chi connectivity index (χ3v) is 5.71. The van der Waals surface area contributed by atoms with Crippen LogP contribution in [0.3, 0.4) is 0 Å². The van der Waals surface area contributed by atoms with Crippen molar-refractivity contribution in [3.05, 3.63) is 83.9 Å². The standard InChI is InChI=1S/C27H23N5O4/c1-3-36-27(34)22-23-25(31-21-7-5-4-6-20(21)30-23)32(24(22)28)18-12-10-17(11-13-18)29-26(33)16-8-14-19(35-2)15-9-16/h4-15H,3,28H2,1-2H3,(H,29,33). The molecule has 0 bridgehead atoms. The summed E-state index contributed by atoms with van der Waals surface area (Å²) in [7, 11) is 1.57. The summed E-state index contributed by atoms with van der Waals surface area (Å²) >= 11 is 0. The molecule has 0 fully saturated rings. The number of nitrogen functional groups attached to an aromatic ring is 1. The van der Waals surface area contributed by atoms with Gasteiger partial charge < -0.3 is 20.5 Å². The number of hydrogen-bond acceptors (Lipinski definition) is 7. The Morgan fingerprint density at radius 1 is 0.944 bits per heavy atom. The zero-order valence-corrected chi connectivity index (χ0v) is 19.7. The highest BCUT2D eigenvalue weighted by molar-refractivity contribution is 6.09. The van der Waals surface area contributed by atoms with Crippen LogP contribution in [0.25, 0.3) is 27.9 Å². The van der Waals surface area contributed by atoms with Crippen molar-refractivity contribution in [2.45, 2.75) is 6.92 Å². The average molecular weight is 482 g/mol. The molecule has 0 aliphatic heterocycles. The number of rotatable bonds is 6. The Hall–Kier alpha value is -4.92. The summed E-state index contributed by atoms with van der Waals surface area (Å²) in [5.41, 5.74) is 10.5. The van der Waals surface area contributed by atoms with E-state index in [1.807, 2.05) is 24.3 Å². The topological polar surface area (TPSA) is 121 Å². The molecular formula is C27H23N5O4. The predicted octanol–water partition coefficient (Wildman–Crippen LogP) is 4.59. The summed E-state index contributed by atoms with van der Waals surface area (Å²) in [6.45, 7) is 1.93. The molecule has 9 heteroatoms. The van der Waals surface area contributed by atoms with E-state index in [2.05, 4.69) is 10.3 Å². The molecule has 0 aliphatic rings. The first kappa shape index (κ1) is 22.9. The molecule has 0 atom stereocenters. The van der Waals surface area contributed by atoms with E-state index in [0.717, 1.165) is 0 Å². The minimum Gasteiger partial charge on any atom is -0.497 e. The molecule has 0 unspecified atom stereocenters. The maximum atomic E-state index is 12.8. The number of methoxy groups -OCH3 is 1. The number of benzene rings is 3. The van der Waals surface area contributed by atoms with Gasteiger partial charge in [0.2, 0.25) is 0 Å². The summed E-state index contributed by atoms with van der Waals surface area (Å²) in [6.07, 6.45) is 0.